The highest BCUT2D eigenvalue weighted by atomic mass is 19.3. The minimum Gasteiger partial charge on any atom is -0.370 e. The number of fused-ring (bicyclic) bond motifs is 1. The number of halogens is 2. The first-order valence-corrected chi connectivity index (χ1v) is 9.31. The van der Waals surface area contributed by atoms with Crippen LogP contribution in [-0.4, -0.2) is 45.6 Å². The van der Waals surface area contributed by atoms with Crippen LogP contribution in [0, 0.1) is 0 Å². The number of amides is 1. The minimum atomic E-state index is -2.55. The van der Waals surface area contributed by atoms with Crippen LogP contribution in [0.25, 0.3) is 5.57 Å². The summed E-state index contributed by atoms with van der Waals surface area (Å²) in [5.41, 5.74) is 10.1. The number of alkyl halides is 2. The van der Waals surface area contributed by atoms with Crippen LogP contribution in [-0.2, 0) is 18.4 Å². The molecule has 1 fully saturated rings. The number of carbonyl (C=O) groups is 1. The van der Waals surface area contributed by atoms with Gasteiger partial charge < -0.3 is 11.1 Å². The van der Waals surface area contributed by atoms with Crippen molar-refractivity contribution >= 4 is 17.2 Å². The molecule has 1 aromatic carbocycles. The van der Waals surface area contributed by atoms with Crippen molar-refractivity contribution in [2.24, 2.45) is 12.8 Å². The summed E-state index contributed by atoms with van der Waals surface area (Å²) in [5, 5.41) is 7.39. The number of anilines is 1. The number of nitrogens with one attached hydrogen (secondary N) is 1. The van der Waals surface area contributed by atoms with Crippen molar-refractivity contribution in [2.45, 2.75) is 31.4 Å². The topological polar surface area (TPSA) is 76.2 Å². The van der Waals surface area contributed by atoms with Crippen LogP contribution in [0.1, 0.15) is 29.5 Å². The molecule has 1 amide bonds. The number of likely N-dealkylation sites (tertiary alicyclic amines) is 1. The number of rotatable bonds is 4. The fourth-order valence-electron chi connectivity index (χ4n) is 3.77. The molecule has 3 N–H and O–H groups in total. The summed E-state index contributed by atoms with van der Waals surface area (Å²) in [6, 6.07) is 5.35. The van der Waals surface area contributed by atoms with Gasteiger partial charge in [-0.15, -0.1) is 0 Å². The Morgan fingerprint density at radius 1 is 1.36 bits per heavy atom. The molecular weight excluding hydrogens is 364 g/mol. The van der Waals surface area contributed by atoms with Crippen molar-refractivity contribution < 1.29 is 13.6 Å². The van der Waals surface area contributed by atoms with E-state index in [1.54, 1.807) is 10.9 Å². The van der Waals surface area contributed by atoms with Gasteiger partial charge in [-0.05, 0) is 23.3 Å². The van der Waals surface area contributed by atoms with Crippen LogP contribution in [0.3, 0.4) is 0 Å². The molecule has 28 heavy (non-hydrogen) atoms. The number of aryl methyl sites for hydroxylation is 1. The number of carbonyl (C=O) groups excluding carboxylic acids is 1. The van der Waals surface area contributed by atoms with Crippen molar-refractivity contribution in [1.29, 1.82) is 0 Å². The van der Waals surface area contributed by atoms with Gasteiger partial charge in [-0.25, -0.2) is 8.78 Å². The zero-order chi connectivity index (χ0) is 19.9. The molecule has 0 radical (unpaired) electrons. The highest BCUT2D eigenvalue weighted by Gasteiger charge is 2.34. The van der Waals surface area contributed by atoms with E-state index in [0.29, 0.717) is 19.6 Å². The summed E-state index contributed by atoms with van der Waals surface area (Å²) >= 11 is 0. The van der Waals surface area contributed by atoms with Crippen LogP contribution in [0.2, 0.25) is 0 Å². The third-order valence-corrected chi connectivity index (χ3v) is 5.33. The largest absolute Gasteiger partial charge is 0.370 e. The Hall–Kier alpha value is -2.74. The van der Waals surface area contributed by atoms with Crippen molar-refractivity contribution in [1.82, 2.24) is 14.7 Å². The van der Waals surface area contributed by atoms with E-state index >= 15 is 0 Å². The number of primary amides is 1. The van der Waals surface area contributed by atoms with Gasteiger partial charge in [0.25, 0.3) is 5.92 Å². The predicted octanol–water partition coefficient (Wildman–Crippen LogP) is 2.36. The first-order valence-electron chi connectivity index (χ1n) is 9.31. The molecule has 1 saturated heterocycles. The number of nitrogens with two attached hydrogens (primary N) is 1. The van der Waals surface area contributed by atoms with E-state index in [-0.39, 0.29) is 12.8 Å². The van der Waals surface area contributed by atoms with Crippen LogP contribution >= 0.6 is 0 Å². The minimum absolute atomic E-state index is 0.103. The molecule has 1 atom stereocenters. The summed E-state index contributed by atoms with van der Waals surface area (Å²) in [6.07, 6.45) is 5.25. The molecule has 1 aromatic heterocycles. The van der Waals surface area contributed by atoms with Crippen molar-refractivity contribution in [3.8, 4) is 0 Å². The van der Waals surface area contributed by atoms with Gasteiger partial charge in [-0.3, -0.25) is 14.4 Å². The van der Waals surface area contributed by atoms with E-state index in [0.717, 1.165) is 28.0 Å². The van der Waals surface area contributed by atoms with Gasteiger partial charge in [0, 0.05) is 62.5 Å². The number of benzene rings is 1. The number of hydrogen-bond donors (Lipinski definition) is 2. The smallest absolute Gasteiger partial charge is 0.250 e. The highest BCUT2D eigenvalue weighted by molar-refractivity contribution is 5.96. The Balaban J connectivity index is 1.60. The molecule has 0 spiro atoms. The monoisotopic (exact) mass is 387 g/mol. The van der Waals surface area contributed by atoms with Gasteiger partial charge in [0.2, 0.25) is 5.91 Å². The van der Waals surface area contributed by atoms with Crippen LogP contribution in [0.5, 0.6) is 0 Å². The van der Waals surface area contributed by atoms with Gasteiger partial charge in [0.1, 0.15) is 6.04 Å². The second-order valence-corrected chi connectivity index (χ2v) is 7.52. The zero-order valence-electron chi connectivity index (χ0n) is 15.7. The zero-order valence-corrected chi connectivity index (χ0v) is 15.7. The molecule has 2 aliphatic rings. The first kappa shape index (κ1) is 18.6. The fraction of sp³-hybridized carbons (Fsp3) is 0.400. The van der Waals surface area contributed by atoms with Gasteiger partial charge in [0.15, 0.2) is 0 Å². The lowest BCUT2D eigenvalue weighted by atomic mass is 9.91. The molecule has 2 aliphatic heterocycles. The highest BCUT2D eigenvalue weighted by Crippen LogP contribution is 2.35. The SMILES string of the molecule is Cn1cc(C2=CC(C(N)=O)Nc3cc(CN4CCC(F)(F)CC4)ccc32)cn1. The quantitative estimate of drug-likeness (QED) is 0.845. The van der Waals surface area contributed by atoms with Crippen molar-refractivity contribution in [3.05, 3.63) is 53.4 Å². The van der Waals surface area contributed by atoms with Gasteiger partial charge in [-0.2, -0.15) is 5.10 Å². The van der Waals surface area contributed by atoms with E-state index in [1.807, 2.05) is 42.4 Å². The first-order chi connectivity index (χ1) is 13.3. The third-order valence-electron chi connectivity index (χ3n) is 5.33. The number of nitrogens with zero attached hydrogens (tertiary/aromatic N) is 3. The molecule has 4 rings (SSSR count). The summed E-state index contributed by atoms with van der Waals surface area (Å²) in [5.74, 6) is -3.01. The van der Waals surface area contributed by atoms with E-state index in [9.17, 15) is 13.6 Å². The molecule has 1 unspecified atom stereocenters. The van der Waals surface area contributed by atoms with Crippen LogP contribution in [0.4, 0.5) is 14.5 Å². The Bertz CT molecular complexity index is 926. The maximum absolute atomic E-state index is 13.4. The third kappa shape index (κ3) is 3.77. The predicted molar refractivity (Wildman–Crippen MR) is 103 cm³/mol. The van der Waals surface area contributed by atoms with E-state index < -0.39 is 17.9 Å². The average Bonchev–Trinajstić information content (AvgIpc) is 3.08. The maximum atomic E-state index is 13.4. The van der Waals surface area contributed by atoms with Crippen LogP contribution in [0.15, 0.2) is 36.7 Å². The summed E-state index contributed by atoms with van der Waals surface area (Å²) in [4.78, 5) is 13.9. The maximum Gasteiger partial charge on any atom is 0.250 e. The average molecular weight is 387 g/mol. The van der Waals surface area contributed by atoms with Gasteiger partial charge >= 0.3 is 0 Å². The van der Waals surface area contributed by atoms with E-state index in [1.165, 1.54) is 0 Å². The lowest BCUT2D eigenvalue weighted by Gasteiger charge is -2.32. The Labute approximate surface area is 162 Å². The van der Waals surface area contributed by atoms with Crippen LogP contribution < -0.4 is 11.1 Å². The van der Waals surface area contributed by atoms with Gasteiger partial charge in [-0.1, -0.05) is 12.1 Å². The molecule has 148 valence electrons. The summed E-state index contributed by atoms with van der Waals surface area (Å²) < 4.78 is 28.5. The lowest BCUT2D eigenvalue weighted by Crippen LogP contribution is -2.39. The molecule has 8 heteroatoms. The molecule has 2 aromatic rings. The Morgan fingerprint density at radius 2 is 2.11 bits per heavy atom. The second kappa shape index (κ2) is 7.01. The summed E-state index contributed by atoms with van der Waals surface area (Å²) in [6.45, 7) is 1.35. The molecule has 0 aliphatic carbocycles. The van der Waals surface area contributed by atoms with Crippen molar-refractivity contribution in [3.63, 3.8) is 0 Å². The molecular formula is C20H23F2N5O. The standard InChI is InChI=1S/C20H23F2N5O/c1-26-12-14(10-24-26)16-9-18(19(23)28)25-17-8-13(2-3-15(16)17)11-27-6-4-20(21,22)5-7-27/h2-3,8-10,12,18,25H,4-7,11H2,1H3,(H2,23,28). The van der Waals surface area contributed by atoms with E-state index in [4.69, 9.17) is 5.73 Å². The summed E-state index contributed by atoms with van der Waals surface area (Å²) in [7, 11) is 1.84. The normalized spacial score (nSPS) is 21.5. The number of hydrogen-bond acceptors (Lipinski definition) is 4. The van der Waals surface area contributed by atoms with E-state index in [2.05, 4.69) is 10.4 Å². The number of aromatic nitrogens is 2. The molecule has 0 saturated carbocycles. The molecule has 6 nitrogen and oxygen atoms in total. The lowest BCUT2D eigenvalue weighted by molar-refractivity contribution is -0.117. The second-order valence-electron chi connectivity index (χ2n) is 7.52. The van der Waals surface area contributed by atoms with Crippen molar-refractivity contribution in [2.75, 3.05) is 18.4 Å². The number of piperidine rings is 1. The molecule has 3 heterocycles. The van der Waals surface area contributed by atoms with Gasteiger partial charge in [0.05, 0.1) is 6.20 Å². The fourth-order valence-corrected chi connectivity index (χ4v) is 3.77. The Kier molecular flexibility index (Phi) is 4.66. The molecule has 0 bridgehead atoms. The Morgan fingerprint density at radius 3 is 2.75 bits per heavy atom.